The standard InChI is InChI=1S/C16H23N3O/c17-16(20)13-3-1-12(2-4-13)11-18-14-7-9-19(10-8-14)15-5-6-15/h1-4,14-15,18H,5-11H2,(H2,17,20). The Bertz CT molecular complexity index is 459. The minimum atomic E-state index is -0.364. The lowest BCUT2D eigenvalue weighted by Gasteiger charge is -2.32. The number of nitrogens with one attached hydrogen (secondary N) is 1. The van der Waals surface area contributed by atoms with Gasteiger partial charge in [0.25, 0.3) is 0 Å². The van der Waals surface area contributed by atoms with E-state index in [4.69, 9.17) is 5.73 Å². The number of carbonyl (C=O) groups excluding carboxylic acids is 1. The quantitative estimate of drug-likeness (QED) is 0.855. The van der Waals surface area contributed by atoms with Crippen LogP contribution in [0.2, 0.25) is 0 Å². The van der Waals surface area contributed by atoms with E-state index >= 15 is 0 Å². The van der Waals surface area contributed by atoms with Crippen LogP contribution in [-0.4, -0.2) is 36.0 Å². The summed E-state index contributed by atoms with van der Waals surface area (Å²) in [6.07, 6.45) is 5.31. The van der Waals surface area contributed by atoms with Gasteiger partial charge in [0.05, 0.1) is 0 Å². The lowest BCUT2D eigenvalue weighted by molar-refractivity contribution is 0.100. The summed E-state index contributed by atoms with van der Waals surface area (Å²) >= 11 is 0. The fraction of sp³-hybridized carbons (Fsp3) is 0.562. The normalized spacial score (nSPS) is 21.0. The first-order valence-corrected chi connectivity index (χ1v) is 7.58. The maximum atomic E-state index is 11.0. The molecule has 1 aromatic carbocycles. The first-order chi connectivity index (χ1) is 9.72. The number of likely N-dealkylation sites (tertiary alicyclic amines) is 1. The average molecular weight is 273 g/mol. The number of primary amides is 1. The highest BCUT2D eigenvalue weighted by Crippen LogP contribution is 2.29. The van der Waals surface area contributed by atoms with Crippen molar-refractivity contribution in [1.82, 2.24) is 10.2 Å². The topological polar surface area (TPSA) is 58.4 Å². The summed E-state index contributed by atoms with van der Waals surface area (Å²) in [6, 6.07) is 9.08. The molecule has 3 rings (SSSR count). The number of nitrogens with zero attached hydrogens (tertiary/aromatic N) is 1. The molecule has 1 aromatic rings. The summed E-state index contributed by atoms with van der Waals surface area (Å²) in [6.45, 7) is 3.35. The molecular formula is C16H23N3O. The highest BCUT2D eigenvalue weighted by Gasteiger charge is 2.31. The van der Waals surface area contributed by atoms with Crippen LogP contribution < -0.4 is 11.1 Å². The fourth-order valence-electron chi connectivity index (χ4n) is 2.96. The second-order valence-corrected chi connectivity index (χ2v) is 5.98. The highest BCUT2D eigenvalue weighted by molar-refractivity contribution is 5.92. The Labute approximate surface area is 120 Å². The van der Waals surface area contributed by atoms with Crippen LogP contribution in [0, 0.1) is 0 Å². The van der Waals surface area contributed by atoms with E-state index in [0.29, 0.717) is 11.6 Å². The molecule has 108 valence electrons. The summed E-state index contributed by atoms with van der Waals surface area (Å²) in [5.41, 5.74) is 7.02. The number of benzene rings is 1. The minimum Gasteiger partial charge on any atom is -0.366 e. The molecule has 1 saturated carbocycles. The van der Waals surface area contributed by atoms with Gasteiger partial charge in [-0.1, -0.05) is 12.1 Å². The molecule has 2 aliphatic rings. The highest BCUT2D eigenvalue weighted by atomic mass is 16.1. The third-order valence-electron chi connectivity index (χ3n) is 4.43. The lowest BCUT2D eigenvalue weighted by Crippen LogP contribution is -2.43. The third kappa shape index (κ3) is 3.38. The zero-order valence-electron chi connectivity index (χ0n) is 11.8. The van der Waals surface area contributed by atoms with E-state index in [9.17, 15) is 4.79 Å². The summed E-state index contributed by atoms with van der Waals surface area (Å²) in [5, 5.41) is 3.62. The van der Waals surface area contributed by atoms with Gasteiger partial charge in [-0.2, -0.15) is 0 Å². The predicted molar refractivity (Wildman–Crippen MR) is 79.4 cm³/mol. The van der Waals surface area contributed by atoms with Gasteiger partial charge < -0.3 is 16.0 Å². The number of rotatable bonds is 5. The maximum absolute atomic E-state index is 11.0. The summed E-state index contributed by atoms with van der Waals surface area (Å²) in [7, 11) is 0. The van der Waals surface area contributed by atoms with Gasteiger partial charge in [0, 0.05) is 24.2 Å². The Morgan fingerprint density at radius 1 is 1.15 bits per heavy atom. The summed E-state index contributed by atoms with van der Waals surface area (Å²) in [5.74, 6) is -0.364. The molecule has 1 heterocycles. The monoisotopic (exact) mass is 273 g/mol. The number of amides is 1. The lowest BCUT2D eigenvalue weighted by atomic mass is 10.0. The van der Waals surface area contributed by atoms with Crippen LogP contribution in [0.1, 0.15) is 41.6 Å². The van der Waals surface area contributed by atoms with E-state index in [2.05, 4.69) is 10.2 Å². The molecule has 1 aliphatic heterocycles. The zero-order valence-corrected chi connectivity index (χ0v) is 11.8. The van der Waals surface area contributed by atoms with Crippen molar-refractivity contribution in [3.05, 3.63) is 35.4 Å². The first kappa shape index (κ1) is 13.6. The van der Waals surface area contributed by atoms with Gasteiger partial charge in [-0.15, -0.1) is 0 Å². The van der Waals surface area contributed by atoms with Gasteiger partial charge in [-0.05, 0) is 56.5 Å². The molecule has 3 N–H and O–H groups in total. The van der Waals surface area contributed by atoms with E-state index in [1.165, 1.54) is 44.3 Å². The van der Waals surface area contributed by atoms with Crippen molar-refractivity contribution in [1.29, 1.82) is 0 Å². The van der Waals surface area contributed by atoms with Gasteiger partial charge in [0.1, 0.15) is 0 Å². The number of hydrogen-bond donors (Lipinski definition) is 2. The Morgan fingerprint density at radius 3 is 2.35 bits per heavy atom. The van der Waals surface area contributed by atoms with Gasteiger partial charge in [-0.3, -0.25) is 4.79 Å². The Balaban J connectivity index is 1.44. The van der Waals surface area contributed by atoms with Gasteiger partial charge in [-0.25, -0.2) is 0 Å². The van der Waals surface area contributed by atoms with Crippen molar-refractivity contribution >= 4 is 5.91 Å². The van der Waals surface area contributed by atoms with Crippen LogP contribution in [0.15, 0.2) is 24.3 Å². The van der Waals surface area contributed by atoms with Crippen molar-refractivity contribution in [3.63, 3.8) is 0 Å². The molecule has 4 heteroatoms. The maximum Gasteiger partial charge on any atom is 0.248 e. The predicted octanol–water partition coefficient (Wildman–Crippen LogP) is 1.50. The van der Waals surface area contributed by atoms with Crippen molar-refractivity contribution < 1.29 is 4.79 Å². The Morgan fingerprint density at radius 2 is 1.80 bits per heavy atom. The summed E-state index contributed by atoms with van der Waals surface area (Å²) in [4.78, 5) is 13.6. The second kappa shape index (κ2) is 5.94. The molecule has 0 unspecified atom stereocenters. The van der Waals surface area contributed by atoms with E-state index in [0.717, 1.165) is 12.6 Å². The van der Waals surface area contributed by atoms with E-state index < -0.39 is 0 Å². The number of carbonyl (C=O) groups is 1. The van der Waals surface area contributed by atoms with Crippen molar-refractivity contribution in [2.24, 2.45) is 5.73 Å². The SMILES string of the molecule is NC(=O)c1ccc(CNC2CCN(C3CC3)CC2)cc1. The Kier molecular flexibility index (Phi) is 4.03. The molecule has 0 atom stereocenters. The molecule has 2 fully saturated rings. The second-order valence-electron chi connectivity index (χ2n) is 5.98. The van der Waals surface area contributed by atoms with Crippen LogP contribution in [0.25, 0.3) is 0 Å². The third-order valence-corrected chi connectivity index (χ3v) is 4.43. The van der Waals surface area contributed by atoms with Gasteiger partial charge in [0.15, 0.2) is 0 Å². The van der Waals surface area contributed by atoms with Crippen LogP contribution in [0.4, 0.5) is 0 Å². The first-order valence-electron chi connectivity index (χ1n) is 7.58. The molecule has 1 amide bonds. The molecule has 0 aromatic heterocycles. The molecule has 0 radical (unpaired) electrons. The molecule has 0 spiro atoms. The molecule has 20 heavy (non-hydrogen) atoms. The van der Waals surface area contributed by atoms with Crippen molar-refractivity contribution in [2.75, 3.05) is 13.1 Å². The molecule has 0 bridgehead atoms. The molecule has 4 nitrogen and oxygen atoms in total. The number of hydrogen-bond acceptors (Lipinski definition) is 3. The molecular weight excluding hydrogens is 250 g/mol. The fourth-order valence-corrected chi connectivity index (χ4v) is 2.96. The Hall–Kier alpha value is -1.39. The van der Waals surface area contributed by atoms with Gasteiger partial charge >= 0.3 is 0 Å². The average Bonchev–Trinajstić information content (AvgIpc) is 3.31. The van der Waals surface area contributed by atoms with E-state index in [1.807, 2.05) is 12.1 Å². The smallest absolute Gasteiger partial charge is 0.248 e. The van der Waals surface area contributed by atoms with Crippen LogP contribution >= 0.6 is 0 Å². The molecule has 1 aliphatic carbocycles. The summed E-state index contributed by atoms with van der Waals surface area (Å²) < 4.78 is 0. The van der Waals surface area contributed by atoms with E-state index in [1.54, 1.807) is 12.1 Å². The van der Waals surface area contributed by atoms with E-state index in [-0.39, 0.29) is 5.91 Å². The van der Waals surface area contributed by atoms with Crippen LogP contribution in [-0.2, 0) is 6.54 Å². The minimum absolute atomic E-state index is 0.364. The number of piperidine rings is 1. The van der Waals surface area contributed by atoms with Crippen molar-refractivity contribution in [3.8, 4) is 0 Å². The van der Waals surface area contributed by atoms with Crippen molar-refractivity contribution in [2.45, 2.75) is 44.3 Å². The van der Waals surface area contributed by atoms with Crippen LogP contribution in [0.5, 0.6) is 0 Å². The zero-order chi connectivity index (χ0) is 13.9. The van der Waals surface area contributed by atoms with Crippen LogP contribution in [0.3, 0.4) is 0 Å². The molecule has 1 saturated heterocycles. The van der Waals surface area contributed by atoms with Gasteiger partial charge in [0.2, 0.25) is 5.91 Å². The number of nitrogens with two attached hydrogens (primary N) is 1. The largest absolute Gasteiger partial charge is 0.366 e.